The zero-order valence-electron chi connectivity index (χ0n) is 75.1. The average molecular weight is 1590 g/mol. The first-order valence-corrected chi connectivity index (χ1v) is 46.3. The van der Waals surface area contributed by atoms with Crippen LogP contribution in [-0.4, -0.2) is 53.7 Å². The molecule has 640 valence electrons. The zero-order valence-corrected chi connectivity index (χ0v) is 75.1. The second kappa shape index (κ2) is 50.3. The highest BCUT2D eigenvalue weighted by atomic mass is 16.7. The highest BCUT2D eigenvalue weighted by Gasteiger charge is 2.56. The van der Waals surface area contributed by atoms with Crippen LogP contribution in [0.2, 0.25) is 0 Å². The Bertz CT molecular complexity index is 3530. The smallest absolute Gasteiger partial charge is 0.205 e. The van der Waals surface area contributed by atoms with E-state index in [4.69, 9.17) is 48.1 Å². The molecule has 116 heavy (non-hydrogen) atoms. The number of hydrogen-bond donors (Lipinski definition) is 2. The van der Waals surface area contributed by atoms with Gasteiger partial charge < -0.3 is 48.1 Å². The maximum absolute atomic E-state index is 9.01. The van der Waals surface area contributed by atoms with Crippen molar-refractivity contribution in [3.63, 3.8) is 0 Å². The molecule has 0 radical (unpaired) electrons. The maximum Gasteiger partial charge on any atom is 0.205 e. The summed E-state index contributed by atoms with van der Waals surface area (Å²) in [6.45, 7) is 37.9. The summed E-state index contributed by atoms with van der Waals surface area (Å²) in [5.41, 5.74) is 9.55. The van der Waals surface area contributed by atoms with Crippen LogP contribution in [0.3, 0.4) is 0 Å². The van der Waals surface area contributed by atoms with E-state index in [1.54, 1.807) is 24.3 Å². The van der Waals surface area contributed by atoms with Crippen LogP contribution in [0.15, 0.2) is 176 Å². The second-order valence-electron chi connectivity index (χ2n) is 35.9. The normalized spacial score (nSPS) is 21.4. The monoisotopic (exact) mass is 1590 g/mol. The standard InChI is InChI=1S/C26H36O2.C24H36O2.2C18H28O2.2C10H14O/c1-4-20(2)23-15-17-25(18-16-23)28-26(21(3)24-13-9-6-10-14-24)27-19-22-11-7-5-8-12-22;1-5-17(4)21-6-8-22(9-7-21)26-23(25-16(2)3)24-13-18-10-19(14-24)12-20(11-18)15-24;2*1-4-14(2)16-10-12-18(13-11-16)20-15(3)19-17-8-6-5-7-9-17;2*1-3-8(2)9-4-6-10(11)7-5-9/h5,7-8,11-12,15-18,20-21,24,26H,4,6,9-10,13-14,19H2,1-3H3;6-9,16-20,23H,5,10-15H2,1-4H3;2*10-15,17H,4-9H2,1-3H3;2*4-8,11H,3H2,1-2H3. The molecule has 11 unspecified atom stereocenters. The Morgan fingerprint density at radius 2 is 0.629 bits per heavy atom. The fraction of sp³-hybridized carbons (Fsp3) is 0.604. The molecule has 7 aromatic carbocycles. The third-order valence-corrected chi connectivity index (χ3v) is 26.4. The Morgan fingerprint density at radius 1 is 0.336 bits per heavy atom. The Kier molecular flexibility index (Phi) is 41.0. The van der Waals surface area contributed by atoms with Crippen LogP contribution in [0.5, 0.6) is 34.5 Å². The van der Waals surface area contributed by atoms with Crippen LogP contribution < -0.4 is 18.9 Å². The van der Waals surface area contributed by atoms with Crippen LogP contribution in [0.1, 0.15) is 366 Å². The zero-order chi connectivity index (χ0) is 83.4. The summed E-state index contributed by atoms with van der Waals surface area (Å²) in [4.78, 5) is 0. The largest absolute Gasteiger partial charge is 0.508 e. The van der Waals surface area contributed by atoms with Crippen LogP contribution in [0, 0.1) is 35.0 Å². The summed E-state index contributed by atoms with van der Waals surface area (Å²) < 4.78 is 49.4. The van der Waals surface area contributed by atoms with Gasteiger partial charge in [0.2, 0.25) is 12.6 Å². The SMILES string of the molecule is CCC(C)c1ccc(O)cc1.CCC(C)c1ccc(O)cc1.CCC(C)c1ccc(OC(C)OC2CCCCC2)cc1.CCC(C)c1ccc(OC(C)OC2CCCCC2)cc1.CCC(C)c1ccc(OC(OC(C)C)C23CC4CC(CC(C4)C2)C3)cc1.CCC(C)c1ccc(OC(OCc2ccccc2)C(C)C2CCCCC2)cc1. The van der Waals surface area contributed by atoms with Gasteiger partial charge in [-0.25, -0.2) is 0 Å². The van der Waals surface area contributed by atoms with Crippen molar-refractivity contribution >= 4 is 0 Å². The van der Waals surface area contributed by atoms with Crippen molar-refractivity contribution in [3.05, 3.63) is 215 Å². The van der Waals surface area contributed by atoms with Gasteiger partial charge in [-0.15, -0.1) is 0 Å². The molecular formula is C106H156O10. The van der Waals surface area contributed by atoms with Crippen molar-refractivity contribution in [1.82, 2.24) is 0 Å². The van der Waals surface area contributed by atoms with Gasteiger partial charge in [-0.1, -0.05) is 251 Å². The van der Waals surface area contributed by atoms with Gasteiger partial charge in [0.25, 0.3) is 0 Å². The first-order valence-electron chi connectivity index (χ1n) is 46.3. The van der Waals surface area contributed by atoms with E-state index in [2.05, 4.69) is 225 Å². The molecule has 4 bridgehead atoms. The second-order valence-corrected chi connectivity index (χ2v) is 35.9. The molecule has 10 nitrogen and oxygen atoms in total. The summed E-state index contributed by atoms with van der Waals surface area (Å²) in [7, 11) is 0. The fourth-order valence-corrected chi connectivity index (χ4v) is 18.1. The highest BCUT2D eigenvalue weighted by molar-refractivity contribution is 5.34. The van der Waals surface area contributed by atoms with Gasteiger partial charge in [-0.05, 0) is 314 Å². The summed E-state index contributed by atoms with van der Waals surface area (Å²) in [5.74, 6) is 11.8. The van der Waals surface area contributed by atoms with Gasteiger partial charge in [-0.2, -0.15) is 0 Å². The summed E-state index contributed by atoms with van der Waals surface area (Å²) in [5, 5.41) is 18.0. The first kappa shape index (κ1) is 94.7. The van der Waals surface area contributed by atoms with Crippen molar-refractivity contribution in [2.24, 2.45) is 35.0 Å². The summed E-state index contributed by atoms with van der Waals surface area (Å²) in [6.07, 6.45) is 34.8. The summed E-state index contributed by atoms with van der Waals surface area (Å²) in [6, 6.07) is 59.5. The van der Waals surface area contributed by atoms with E-state index < -0.39 is 0 Å². The van der Waals surface area contributed by atoms with Gasteiger partial charge in [0, 0.05) is 11.3 Å². The number of aromatic hydroxyl groups is 2. The first-order chi connectivity index (χ1) is 56.0. The molecule has 11 atom stereocenters. The van der Waals surface area contributed by atoms with Crippen molar-refractivity contribution in [2.45, 2.75) is 377 Å². The van der Waals surface area contributed by atoms with E-state index in [0.717, 1.165) is 60.0 Å². The van der Waals surface area contributed by atoms with E-state index >= 15 is 0 Å². The number of rotatable bonds is 32. The van der Waals surface area contributed by atoms with Gasteiger partial charge in [0.05, 0.1) is 24.9 Å². The van der Waals surface area contributed by atoms with E-state index in [1.165, 1.54) is 193 Å². The third kappa shape index (κ3) is 31.7. The molecule has 0 spiro atoms. The fourth-order valence-electron chi connectivity index (χ4n) is 18.1. The number of phenols is 2. The van der Waals surface area contributed by atoms with Crippen LogP contribution >= 0.6 is 0 Å². The van der Waals surface area contributed by atoms with E-state index in [0.29, 0.717) is 77.7 Å². The maximum atomic E-state index is 9.01. The lowest BCUT2D eigenvalue weighted by molar-refractivity contribution is -0.227. The topological polar surface area (TPSA) is 114 Å². The minimum atomic E-state index is -0.210. The molecule has 7 aromatic rings. The predicted molar refractivity (Wildman–Crippen MR) is 483 cm³/mol. The number of phenolic OH excluding ortho intramolecular Hbond substituents is 2. The molecule has 7 aliphatic carbocycles. The van der Waals surface area contributed by atoms with E-state index in [-0.39, 0.29) is 36.7 Å². The third-order valence-electron chi connectivity index (χ3n) is 26.4. The Balaban J connectivity index is 0.000000179. The van der Waals surface area contributed by atoms with Gasteiger partial charge >= 0.3 is 0 Å². The van der Waals surface area contributed by atoms with E-state index in [1.807, 2.05) is 44.2 Å². The van der Waals surface area contributed by atoms with Crippen molar-refractivity contribution in [3.8, 4) is 34.5 Å². The van der Waals surface area contributed by atoms with Gasteiger partial charge in [0.15, 0.2) is 12.6 Å². The molecule has 0 amide bonds. The average Bonchev–Trinajstić information content (AvgIpc) is 0.736. The molecule has 14 rings (SSSR count). The lowest BCUT2D eigenvalue weighted by Gasteiger charge is -2.58. The molecule has 7 saturated carbocycles. The lowest BCUT2D eigenvalue weighted by Crippen LogP contribution is -2.54. The molecule has 0 saturated heterocycles. The number of ether oxygens (including phenoxy) is 8. The molecule has 0 aliphatic heterocycles. The molecule has 0 aromatic heterocycles. The van der Waals surface area contributed by atoms with Crippen LogP contribution in [0.25, 0.3) is 0 Å². The Morgan fingerprint density at radius 3 is 0.940 bits per heavy atom. The quantitative estimate of drug-likeness (QED) is 0.0395. The molecule has 7 fully saturated rings. The number of benzene rings is 7. The minimum absolute atomic E-state index is 0.0923. The summed E-state index contributed by atoms with van der Waals surface area (Å²) >= 11 is 0. The van der Waals surface area contributed by atoms with Crippen molar-refractivity contribution in [2.75, 3.05) is 0 Å². The number of hydrogen-bond acceptors (Lipinski definition) is 10. The molecular weight excluding hydrogens is 1430 g/mol. The van der Waals surface area contributed by atoms with E-state index in [9.17, 15) is 0 Å². The molecule has 7 aliphatic rings. The van der Waals surface area contributed by atoms with Crippen LogP contribution in [-0.2, 0) is 25.6 Å². The lowest BCUT2D eigenvalue weighted by atomic mass is 9.49. The van der Waals surface area contributed by atoms with Crippen molar-refractivity contribution in [1.29, 1.82) is 0 Å². The molecule has 2 N–H and O–H groups in total. The minimum Gasteiger partial charge on any atom is -0.508 e. The van der Waals surface area contributed by atoms with Gasteiger partial charge in [-0.3, -0.25) is 0 Å². The van der Waals surface area contributed by atoms with Gasteiger partial charge in [0.1, 0.15) is 34.5 Å². The molecule has 0 heterocycles. The predicted octanol–water partition coefficient (Wildman–Crippen LogP) is 30.2. The Labute approximate surface area is 705 Å². The van der Waals surface area contributed by atoms with Crippen molar-refractivity contribution < 1.29 is 48.1 Å². The molecule has 10 heteroatoms. The Hall–Kier alpha value is -6.82. The highest BCUT2D eigenvalue weighted by Crippen LogP contribution is 2.62. The van der Waals surface area contributed by atoms with Crippen LogP contribution in [0.4, 0.5) is 0 Å².